The molecule has 0 N–H and O–H groups in total. The topological polar surface area (TPSA) is 52.3 Å². The second-order valence-electron chi connectivity index (χ2n) is 4.81. The number of rotatable bonds is 2. The van der Waals surface area contributed by atoms with Gasteiger partial charge in [0.2, 0.25) is 0 Å². The molecular weight excluding hydrogens is 344 g/mol. The third kappa shape index (κ3) is 2.03. The molecule has 0 saturated carbocycles. The van der Waals surface area contributed by atoms with Crippen LogP contribution in [0.3, 0.4) is 0 Å². The minimum atomic E-state index is 0.660. The van der Waals surface area contributed by atoms with E-state index >= 15 is 0 Å². The molecule has 0 radical (unpaired) electrons. The zero-order chi connectivity index (χ0) is 15.1. The van der Waals surface area contributed by atoms with Crippen molar-refractivity contribution in [2.45, 2.75) is 0 Å². The molecule has 2 aromatic heterocycles. The first-order valence-electron chi connectivity index (χ1n) is 6.70. The molecule has 0 bridgehead atoms. The largest absolute Gasteiger partial charge is 0.497 e. The Morgan fingerprint density at radius 1 is 1.09 bits per heavy atom. The molecule has 0 saturated heterocycles. The second-order valence-corrected chi connectivity index (χ2v) is 5.66. The number of nitrogens with zero attached hydrogens (tertiary/aromatic N) is 4. The maximum Gasteiger partial charge on any atom is 0.182 e. The van der Waals surface area contributed by atoms with Gasteiger partial charge in [-0.1, -0.05) is 6.07 Å². The Morgan fingerprint density at radius 3 is 2.68 bits per heavy atom. The first kappa shape index (κ1) is 13.2. The van der Waals surface area contributed by atoms with Gasteiger partial charge in [-0.2, -0.15) is 0 Å². The number of ether oxygens (including phenoxy) is 1. The van der Waals surface area contributed by atoms with Gasteiger partial charge in [0.15, 0.2) is 11.5 Å². The molecule has 0 unspecified atom stereocenters. The molecule has 0 aliphatic heterocycles. The van der Waals surface area contributed by atoms with E-state index in [1.165, 1.54) is 0 Å². The van der Waals surface area contributed by atoms with E-state index in [-0.39, 0.29) is 0 Å². The van der Waals surface area contributed by atoms with E-state index in [9.17, 15) is 0 Å². The molecule has 2 heterocycles. The molecule has 5 nitrogen and oxygen atoms in total. The zero-order valence-electron chi connectivity index (χ0n) is 11.7. The monoisotopic (exact) mass is 354 g/mol. The van der Waals surface area contributed by atoms with Crippen molar-refractivity contribution >= 4 is 32.5 Å². The summed E-state index contributed by atoms with van der Waals surface area (Å²) in [7, 11) is 1.65. The molecule has 0 aliphatic rings. The highest BCUT2D eigenvalue weighted by Crippen LogP contribution is 2.27. The van der Waals surface area contributed by atoms with Crippen molar-refractivity contribution in [3.8, 4) is 17.1 Å². The Balaban J connectivity index is 1.94. The average Bonchev–Trinajstić information content (AvgIpc) is 2.99. The van der Waals surface area contributed by atoms with Crippen molar-refractivity contribution < 1.29 is 4.74 Å². The minimum Gasteiger partial charge on any atom is -0.497 e. The lowest BCUT2D eigenvalue weighted by atomic mass is 10.2. The van der Waals surface area contributed by atoms with Gasteiger partial charge in [0, 0.05) is 10.0 Å². The molecule has 4 aromatic rings. The molecule has 22 heavy (non-hydrogen) atoms. The van der Waals surface area contributed by atoms with Gasteiger partial charge in [0.25, 0.3) is 0 Å². The number of halogens is 1. The zero-order valence-corrected chi connectivity index (χ0v) is 13.3. The molecule has 0 aliphatic carbocycles. The fraction of sp³-hybridized carbons (Fsp3) is 0.0625. The Labute approximate surface area is 134 Å². The van der Waals surface area contributed by atoms with Gasteiger partial charge >= 0.3 is 0 Å². The van der Waals surface area contributed by atoms with Gasteiger partial charge in [-0.05, 0) is 52.3 Å². The smallest absolute Gasteiger partial charge is 0.182 e. The van der Waals surface area contributed by atoms with Crippen molar-refractivity contribution in [2.24, 2.45) is 0 Å². The third-order valence-electron chi connectivity index (χ3n) is 3.50. The third-order valence-corrected chi connectivity index (χ3v) is 4.16. The van der Waals surface area contributed by atoms with E-state index in [1.807, 2.05) is 42.5 Å². The summed E-state index contributed by atoms with van der Waals surface area (Å²) in [5.41, 5.74) is 2.60. The summed E-state index contributed by atoms with van der Waals surface area (Å²) in [5.74, 6) is 1.47. The van der Waals surface area contributed by atoms with Crippen LogP contribution in [-0.2, 0) is 0 Å². The van der Waals surface area contributed by atoms with Crippen molar-refractivity contribution in [3.63, 3.8) is 0 Å². The number of methoxy groups -OCH3 is 1. The van der Waals surface area contributed by atoms with Gasteiger partial charge in [-0.25, -0.2) is 14.5 Å². The molecule has 2 aromatic carbocycles. The van der Waals surface area contributed by atoms with E-state index in [0.29, 0.717) is 5.82 Å². The normalized spacial score (nSPS) is 11.2. The van der Waals surface area contributed by atoms with Crippen LogP contribution in [-0.4, -0.2) is 26.7 Å². The first-order chi connectivity index (χ1) is 10.8. The molecule has 6 heteroatoms. The summed E-state index contributed by atoms with van der Waals surface area (Å²) in [6.45, 7) is 0. The fourth-order valence-electron chi connectivity index (χ4n) is 2.40. The van der Waals surface area contributed by atoms with Crippen LogP contribution in [0.2, 0.25) is 0 Å². The summed E-state index contributed by atoms with van der Waals surface area (Å²) in [6.07, 6.45) is 1.68. The standard InChI is InChI=1S/C16H11BrN4O/c1-22-11-7-5-10(6-8-11)15-19-16-14-12(17)3-2-4-13(14)18-9-21(16)20-15/h2-9H,1H3. The predicted octanol–water partition coefficient (Wildman–Crippen LogP) is 3.72. The van der Waals surface area contributed by atoms with Crippen LogP contribution in [0.1, 0.15) is 0 Å². The first-order valence-corrected chi connectivity index (χ1v) is 7.49. The molecule has 4 rings (SSSR count). The molecular formula is C16H11BrN4O. The SMILES string of the molecule is COc1ccc(-c2nc3c4c(Br)cccc4ncn3n2)cc1. The van der Waals surface area contributed by atoms with Crippen LogP contribution in [0.25, 0.3) is 27.9 Å². The summed E-state index contributed by atoms with van der Waals surface area (Å²) in [4.78, 5) is 9.08. The van der Waals surface area contributed by atoms with Crippen molar-refractivity contribution in [1.29, 1.82) is 0 Å². The van der Waals surface area contributed by atoms with Crippen LogP contribution in [0, 0.1) is 0 Å². The maximum absolute atomic E-state index is 5.18. The second kappa shape index (κ2) is 5.06. The van der Waals surface area contributed by atoms with Gasteiger partial charge in [0.1, 0.15) is 12.1 Å². The van der Waals surface area contributed by atoms with Crippen molar-refractivity contribution in [1.82, 2.24) is 19.6 Å². The van der Waals surface area contributed by atoms with Gasteiger partial charge in [-0.3, -0.25) is 0 Å². The predicted molar refractivity (Wildman–Crippen MR) is 88.0 cm³/mol. The van der Waals surface area contributed by atoms with Crippen LogP contribution < -0.4 is 4.74 Å². The summed E-state index contributed by atoms with van der Waals surface area (Å²) >= 11 is 3.56. The van der Waals surface area contributed by atoms with Crippen LogP contribution in [0.5, 0.6) is 5.75 Å². The molecule has 0 atom stereocenters. The quantitative estimate of drug-likeness (QED) is 0.550. The van der Waals surface area contributed by atoms with E-state index in [2.05, 4.69) is 31.0 Å². The molecule has 0 amide bonds. The summed E-state index contributed by atoms with van der Waals surface area (Å²) in [6, 6.07) is 13.6. The lowest BCUT2D eigenvalue weighted by molar-refractivity contribution is 0.415. The average molecular weight is 355 g/mol. The van der Waals surface area contributed by atoms with Crippen LogP contribution in [0.4, 0.5) is 0 Å². The minimum absolute atomic E-state index is 0.660. The lowest BCUT2D eigenvalue weighted by Crippen LogP contribution is -1.91. The number of fused-ring (bicyclic) bond motifs is 3. The highest BCUT2D eigenvalue weighted by Gasteiger charge is 2.12. The van der Waals surface area contributed by atoms with E-state index in [4.69, 9.17) is 4.74 Å². The summed E-state index contributed by atoms with van der Waals surface area (Å²) < 4.78 is 7.83. The van der Waals surface area contributed by atoms with Gasteiger partial charge < -0.3 is 4.74 Å². The Bertz CT molecular complexity index is 979. The number of hydrogen-bond donors (Lipinski definition) is 0. The Kier molecular flexibility index (Phi) is 3.04. The molecule has 0 fully saturated rings. The van der Waals surface area contributed by atoms with E-state index in [0.717, 1.165) is 32.3 Å². The number of benzene rings is 2. The van der Waals surface area contributed by atoms with Crippen molar-refractivity contribution in [3.05, 3.63) is 53.3 Å². The van der Waals surface area contributed by atoms with Gasteiger partial charge in [0.05, 0.1) is 18.0 Å². The molecule has 0 spiro atoms. The molecule has 108 valence electrons. The highest BCUT2D eigenvalue weighted by molar-refractivity contribution is 9.10. The lowest BCUT2D eigenvalue weighted by Gasteiger charge is -2.00. The maximum atomic E-state index is 5.18. The number of aromatic nitrogens is 4. The van der Waals surface area contributed by atoms with Crippen LogP contribution >= 0.6 is 15.9 Å². The fourth-order valence-corrected chi connectivity index (χ4v) is 2.93. The van der Waals surface area contributed by atoms with Crippen molar-refractivity contribution in [2.75, 3.05) is 7.11 Å². The van der Waals surface area contributed by atoms with E-state index in [1.54, 1.807) is 18.0 Å². The highest BCUT2D eigenvalue weighted by atomic mass is 79.9. The van der Waals surface area contributed by atoms with Crippen LogP contribution in [0.15, 0.2) is 53.3 Å². The van der Waals surface area contributed by atoms with E-state index < -0.39 is 0 Å². The summed E-state index contributed by atoms with van der Waals surface area (Å²) in [5, 5.41) is 5.47. The Hall–Kier alpha value is -2.47. The number of hydrogen-bond acceptors (Lipinski definition) is 4. The van der Waals surface area contributed by atoms with Gasteiger partial charge in [-0.15, -0.1) is 5.10 Å². The Morgan fingerprint density at radius 2 is 1.91 bits per heavy atom.